The van der Waals surface area contributed by atoms with Gasteiger partial charge in [-0.05, 0) is 42.7 Å². The monoisotopic (exact) mass is 304 g/mol. The molecular weight excluding hydrogens is 276 g/mol. The van der Waals surface area contributed by atoms with E-state index in [1.807, 2.05) is 36.2 Å². The highest BCUT2D eigenvalue weighted by atomic mass is 16.5. The predicted molar refractivity (Wildman–Crippen MR) is 88.6 cm³/mol. The van der Waals surface area contributed by atoms with Crippen LogP contribution in [0.1, 0.15) is 43.7 Å². The van der Waals surface area contributed by atoms with Gasteiger partial charge in [-0.15, -0.1) is 0 Å². The molecule has 0 aromatic heterocycles. The summed E-state index contributed by atoms with van der Waals surface area (Å²) >= 11 is 0. The van der Waals surface area contributed by atoms with Gasteiger partial charge in [0.25, 0.3) is 0 Å². The molecule has 1 aromatic rings. The first kappa shape index (κ1) is 16.8. The second-order valence-electron chi connectivity index (χ2n) is 6.39. The SMILES string of the molecule is COCc1ccccc1CNC(=O)N(C)C1CCC(C)CC1. The molecule has 0 heterocycles. The van der Waals surface area contributed by atoms with Crippen molar-refractivity contribution in [1.82, 2.24) is 10.2 Å². The minimum Gasteiger partial charge on any atom is -0.380 e. The van der Waals surface area contributed by atoms with Gasteiger partial charge in [-0.25, -0.2) is 4.79 Å². The van der Waals surface area contributed by atoms with Crippen molar-refractivity contribution in [3.8, 4) is 0 Å². The molecular formula is C18H28N2O2. The molecule has 1 aliphatic carbocycles. The number of benzene rings is 1. The van der Waals surface area contributed by atoms with Crippen LogP contribution in [0, 0.1) is 5.92 Å². The van der Waals surface area contributed by atoms with E-state index in [0.29, 0.717) is 19.2 Å². The topological polar surface area (TPSA) is 41.6 Å². The summed E-state index contributed by atoms with van der Waals surface area (Å²) in [6.45, 7) is 3.41. The molecule has 4 heteroatoms. The lowest BCUT2D eigenvalue weighted by Gasteiger charge is -2.33. The number of hydrogen-bond acceptors (Lipinski definition) is 2. The van der Waals surface area contributed by atoms with Crippen molar-refractivity contribution in [1.29, 1.82) is 0 Å². The third-order valence-electron chi connectivity index (χ3n) is 4.70. The average Bonchev–Trinajstić information content (AvgIpc) is 2.54. The largest absolute Gasteiger partial charge is 0.380 e. The van der Waals surface area contributed by atoms with Crippen LogP contribution in [-0.4, -0.2) is 31.1 Å². The molecule has 0 atom stereocenters. The fourth-order valence-corrected chi connectivity index (χ4v) is 3.12. The first-order valence-electron chi connectivity index (χ1n) is 8.18. The van der Waals surface area contributed by atoms with E-state index in [1.54, 1.807) is 7.11 Å². The van der Waals surface area contributed by atoms with Crippen LogP contribution in [0.4, 0.5) is 4.79 Å². The molecule has 0 spiro atoms. The zero-order valence-electron chi connectivity index (χ0n) is 14.0. The zero-order chi connectivity index (χ0) is 15.9. The summed E-state index contributed by atoms with van der Waals surface area (Å²) in [4.78, 5) is 14.2. The summed E-state index contributed by atoms with van der Waals surface area (Å²) in [7, 11) is 3.60. The van der Waals surface area contributed by atoms with Crippen molar-refractivity contribution in [2.45, 2.75) is 51.8 Å². The zero-order valence-corrected chi connectivity index (χ0v) is 14.0. The second-order valence-corrected chi connectivity index (χ2v) is 6.39. The molecule has 0 unspecified atom stereocenters. The quantitative estimate of drug-likeness (QED) is 0.904. The Kier molecular flexibility index (Phi) is 6.25. The van der Waals surface area contributed by atoms with Crippen molar-refractivity contribution in [3.05, 3.63) is 35.4 Å². The van der Waals surface area contributed by atoms with Crippen LogP contribution in [0.15, 0.2) is 24.3 Å². The first-order valence-corrected chi connectivity index (χ1v) is 8.18. The molecule has 0 bridgehead atoms. The number of ether oxygens (including phenoxy) is 1. The maximum atomic E-state index is 12.3. The van der Waals surface area contributed by atoms with E-state index in [1.165, 1.54) is 12.8 Å². The standard InChI is InChI=1S/C18H28N2O2/c1-14-8-10-17(11-9-14)20(2)18(21)19-12-15-6-4-5-7-16(15)13-22-3/h4-7,14,17H,8-13H2,1-3H3,(H,19,21). The summed E-state index contributed by atoms with van der Waals surface area (Å²) in [5.41, 5.74) is 2.24. The van der Waals surface area contributed by atoms with Crippen molar-refractivity contribution in [3.63, 3.8) is 0 Å². The van der Waals surface area contributed by atoms with Gasteiger partial charge in [-0.1, -0.05) is 31.2 Å². The Labute approximate surface area is 133 Å². The Bertz CT molecular complexity index is 482. The van der Waals surface area contributed by atoms with Crippen molar-refractivity contribution in [2.24, 2.45) is 5.92 Å². The van der Waals surface area contributed by atoms with Crippen LogP contribution in [0.3, 0.4) is 0 Å². The Balaban J connectivity index is 1.87. The average molecular weight is 304 g/mol. The minimum absolute atomic E-state index is 0.0202. The van der Waals surface area contributed by atoms with Crippen LogP contribution in [-0.2, 0) is 17.9 Å². The molecule has 1 N–H and O–H groups in total. The van der Waals surface area contributed by atoms with Gasteiger partial charge in [0.15, 0.2) is 0 Å². The van der Waals surface area contributed by atoms with E-state index in [4.69, 9.17) is 4.74 Å². The minimum atomic E-state index is 0.0202. The Morgan fingerprint density at radius 3 is 2.50 bits per heavy atom. The fourth-order valence-electron chi connectivity index (χ4n) is 3.12. The molecule has 1 aliphatic rings. The highest BCUT2D eigenvalue weighted by Crippen LogP contribution is 2.26. The number of nitrogens with zero attached hydrogens (tertiary/aromatic N) is 1. The highest BCUT2D eigenvalue weighted by Gasteiger charge is 2.24. The van der Waals surface area contributed by atoms with E-state index in [-0.39, 0.29) is 6.03 Å². The summed E-state index contributed by atoms with van der Waals surface area (Å²) in [6, 6.07) is 8.47. The molecule has 0 saturated heterocycles. The Morgan fingerprint density at radius 1 is 1.23 bits per heavy atom. The van der Waals surface area contributed by atoms with Crippen LogP contribution >= 0.6 is 0 Å². The first-order chi connectivity index (χ1) is 10.6. The van der Waals surface area contributed by atoms with Gasteiger partial charge in [0, 0.05) is 26.7 Å². The van der Waals surface area contributed by atoms with Crippen molar-refractivity contribution >= 4 is 6.03 Å². The van der Waals surface area contributed by atoms with Gasteiger partial charge in [0.2, 0.25) is 0 Å². The molecule has 2 rings (SSSR count). The molecule has 1 aromatic carbocycles. The predicted octanol–water partition coefficient (Wildman–Crippen LogP) is 3.55. The maximum Gasteiger partial charge on any atom is 0.317 e. The number of carbonyl (C=O) groups is 1. The smallest absolute Gasteiger partial charge is 0.317 e. The van der Waals surface area contributed by atoms with Gasteiger partial charge in [0.1, 0.15) is 0 Å². The third kappa shape index (κ3) is 4.47. The van der Waals surface area contributed by atoms with Gasteiger partial charge in [-0.2, -0.15) is 0 Å². The fraction of sp³-hybridized carbons (Fsp3) is 0.611. The number of nitrogens with one attached hydrogen (secondary N) is 1. The molecule has 0 radical (unpaired) electrons. The van der Waals surface area contributed by atoms with Gasteiger partial charge < -0.3 is 15.0 Å². The number of hydrogen-bond donors (Lipinski definition) is 1. The lowest BCUT2D eigenvalue weighted by Crippen LogP contribution is -2.44. The second kappa shape index (κ2) is 8.18. The van der Waals surface area contributed by atoms with Crippen LogP contribution in [0.5, 0.6) is 0 Å². The van der Waals surface area contributed by atoms with E-state index >= 15 is 0 Å². The third-order valence-corrected chi connectivity index (χ3v) is 4.70. The molecule has 22 heavy (non-hydrogen) atoms. The maximum absolute atomic E-state index is 12.3. The Morgan fingerprint density at radius 2 is 1.86 bits per heavy atom. The van der Waals surface area contributed by atoms with Crippen LogP contribution in [0.25, 0.3) is 0 Å². The lowest BCUT2D eigenvalue weighted by atomic mass is 9.87. The van der Waals surface area contributed by atoms with Crippen LogP contribution in [0.2, 0.25) is 0 Å². The van der Waals surface area contributed by atoms with Gasteiger partial charge in [0.05, 0.1) is 6.61 Å². The van der Waals surface area contributed by atoms with E-state index < -0.39 is 0 Å². The highest BCUT2D eigenvalue weighted by molar-refractivity contribution is 5.74. The summed E-state index contributed by atoms with van der Waals surface area (Å²) in [5, 5.41) is 3.04. The number of methoxy groups -OCH3 is 1. The number of urea groups is 1. The lowest BCUT2D eigenvalue weighted by molar-refractivity contribution is 0.163. The molecule has 0 aliphatic heterocycles. The summed E-state index contributed by atoms with van der Waals surface area (Å²) in [5.74, 6) is 0.800. The normalized spacial score (nSPS) is 21.4. The molecule has 2 amide bonds. The molecule has 1 fully saturated rings. The summed E-state index contributed by atoms with van der Waals surface area (Å²) in [6.07, 6.45) is 4.68. The molecule has 4 nitrogen and oxygen atoms in total. The van der Waals surface area contributed by atoms with Crippen molar-refractivity contribution in [2.75, 3.05) is 14.2 Å². The molecule has 122 valence electrons. The number of carbonyl (C=O) groups excluding carboxylic acids is 1. The van der Waals surface area contributed by atoms with E-state index in [9.17, 15) is 4.79 Å². The molecule has 1 saturated carbocycles. The van der Waals surface area contributed by atoms with Gasteiger partial charge in [-0.3, -0.25) is 0 Å². The number of rotatable bonds is 5. The van der Waals surface area contributed by atoms with Gasteiger partial charge >= 0.3 is 6.03 Å². The van der Waals surface area contributed by atoms with Crippen molar-refractivity contribution < 1.29 is 9.53 Å². The van der Waals surface area contributed by atoms with E-state index in [0.717, 1.165) is 29.9 Å². The van der Waals surface area contributed by atoms with Crippen LogP contribution < -0.4 is 5.32 Å². The summed E-state index contributed by atoms with van der Waals surface area (Å²) < 4.78 is 5.20. The Hall–Kier alpha value is -1.55. The van der Waals surface area contributed by atoms with E-state index in [2.05, 4.69) is 12.2 Å². The number of amides is 2.